The molecule has 0 aromatic heterocycles. The van der Waals surface area contributed by atoms with E-state index in [1.807, 2.05) is 0 Å². The van der Waals surface area contributed by atoms with Crippen LogP contribution in [0.4, 0.5) is 18.9 Å². The predicted molar refractivity (Wildman–Crippen MR) is 84.3 cm³/mol. The maximum absolute atomic E-state index is 12.8. The van der Waals surface area contributed by atoms with E-state index in [1.54, 1.807) is 0 Å². The van der Waals surface area contributed by atoms with Gasteiger partial charge in [0, 0.05) is 22.8 Å². The summed E-state index contributed by atoms with van der Waals surface area (Å²) in [6, 6.07) is 8.49. The minimum Gasteiger partial charge on any atom is -0.267 e. The van der Waals surface area contributed by atoms with Crippen LogP contribution in [0.1, 0.15) is 27.0 Å². The number of benzene rings is 2. The van der Waals surface area contributed by atoms with Crippen LogP contribution in [-0.2, 0) is 6.18 Å². The van der Waals surface area contributed by atoms with Crippen molar-refractivity contribution in [2.45, 2.75) is 13.1 Å². The number of nitrogens with one attached hydrogen (secondary N) is 1. The summed E-state index contributed by atoms with van der Waals surface area (Å²) in [6.45, 7) is 1.47. The second-order valence-corrected chi connectivity index (χ2v) is 5.04. The number of nitrogens with zero attached hydrogens (tertiary/aromatic N) is 2. The number of rotatable bonds is 4. The molecule has 0 saturated carbocycles. The van der Waals surface area contributed by atoms with Crippen molar-refractivity contribution in [1.82, 2.24) is 5.43 Å². The summed E-state index contributed by atoms with van der Waals surface area (Å²) in [4.78, 5) is 22.1. The van der Waals surface area contributed by atoms with Crippen LogP contribution in [-0.4, -0.2) is 17.0 Å². The summed E-state index contributed by atoms with van der Waals surface area (Å²) in [6.07, 6.45) is -3.65. The summed E-state index contributed by atoms with van der Waals surface area (Å²) in [5, 5.41) is 14.3. The molecule has 2 aromatic rings. The summed E-state index contributed by atoms with van der Waals surface area (Å²) < 4.78 is 38.5. The smallest absolute Gasteiger partial charge is 0.267 e. The average Bonchev–Trinajstić information content (AvgIpc) is 2.53. The van der Waals surface area contributed by atoms with Gasteiger partial charge in [0.15, 0.2) is 0 Å². The van der Waals surface area contributed by atoms with Crippen molar-refractivity contribution in [1.29, 1.82) is 0 Å². The highest BCUT2D eigenvalue weighted by atomic mass is 19.4. The van der Waals surface area contributed by atoms with Gasteiger partial charge in [0.25, 0.3) is 11.6 Å². The summed E-state index contributed by atoms with van der Waals surface area (Å²) in [5.74, 6) is -0.696. The predicted octanol–water partition coefficient (Wildman–Crippen LogP) is 3.69. The van der Waals surface area contributed by atoms with Gasteiger partial charge < -0.3 is 0 Å². The van der Waals surface area contributed by atoms with Gasteiger partial charge in [-0.25, -0.2) is 5.43 Å². The summed E-state index contributed by atoms with van der Waals surface area (Å²) in [7, 11) is 0. The molecule has 0 aliphatic carbocycles. The molecular weight excluding hydrogens is 339 g/mol. The van der Waals surface area contributed by atoms with Crippen LogP contribution in [0.5, 0.6) is 0 Å². The fraction of sp³-hybridized carbons (Fsp3) is 0.125. The highest BCUT2D eigenvalue weighted by Crippen LogP contribution is 2.31. The molecule has 6 nitrogen and oxygen atoms in total. The van der Waals surface area contributed by atoms with Crippen molar-refractivity contribution >= 4 is 17.8 Å². The first-order valence-corrected chi connectivity index (χ1v) is 6.95. The number of hydrazone groups is 1. The van der Waals surface area contributed by atoms with E-state index >= 15 is 0 Å². The second-order valence-electron chi connectivity index (χ2n) is 5.04. The Morgan fingerprint density at radius 1 is 1.24 bits per heavy atom. The van der Waals surface area contributed by atoms with E-state index in [0.717, 1.165) is 12.3 Å². The molecule has 25 heavy (non-hydrogen) atoms. The van der Waals surface area contributed by atoms with Gasteiger partial charge in [0.1, 0.15) is 0 Å². The van der Waals surface area contributed by atoms with E-state index in [9.17, 15) is 28.1 Å². The molecule has 0 atom stereocenters. The molecule has 0 saturated heterocycles. The van der Waals surface area contributed by atoms with E-state index in [4.69, 9.17) is 0 Å². The van der Waals surface area contributed by atoms with E-state index in [1.165, 1.54) is 43.3 Å². The number of nitro benzene ring substituents is 1. The molecule has 130 valence electrons. The number of carbonyl (C=O) groups is 1. The third kappa shape index (κ3) is 4.40. The molecule has 0 heterocycles. The minimum atomic E-state index is -4.54. The average molecular weight is 351 g/mol. The third-order valence-corrected chi connectivity index (χ3v) is 3.29. The Morgan fingerprint density at radius 2 is 1.92 bits per heavy atom. The van der Waals surface area contributed by atoms with Gasteiger partial charge in [-0.15, -0.1) is 0 Å². The Morgan fingerprint density at radius 3 is 2.52 bits per heavy atom. The fourth-order valence-corrected chi connectivity index (χ4v) is 2.09. The first kappa shape index (κ1) is 18.1. The van der Waals surface area contributed by atoms with Crippen molar-refractivity contribution in [2.24, 2.45) is 5.10 Å². The normalized spacial score (nSPS) is 11.5. The van der Waals surface area contributed by atoms with E-state index < -0.39 is 22.6 Å². The number of aryl methyl sites for hydroxylation is 1. The van der Waals surface area contributed by atoms with Crippen molar-refractivity contribution in [3.05, 3.63) is 74.8 Å². The molecule has 1 N–H and O–H groups in total. The number of carbonyl (C=O) groups excluding carboxylic acids is 1. The zero-order chi connectivity index (χ0) is 18.6. The van der Waals surface area contributed by atoms with E-state index in [0.29, 0.717) is 0 Å². The zero-order valence-electron chi connectivity index (χ0n) is 12.9. The molecule has 0 spiro atoms. The number of hydrogen-bond donors (Lipinski definition) is 1. The van der Waals surface area contributed by atoms with Gasteiger partial charge in [-0.3, -0.25) is 14.9 Å². The molecular formula is C16H12F3N3O3. The first-order chi connectivity index (χ1) is 11.7. The number of amides is 1. The van der Waals surface area contributed by atoms with Crippen LogP contribution in [0.25, 0.3) is 0 Å². The van der Waals surface area contributed by atoms with Crippen LogP contribution >= 0.6 is 0 Å². The molecule has 0 fully saturated rings. The quantitative estimate of drug-likeness (QED) is 0.518. The van der Waals surface area contributed by atoms with Crippen molar-refractivity contribution in [2.75, 3.05) is 0 Å². The lowest BCUT2D eigenvalue weighted by Crippen LogP contribution is -2.18. The lowest BCUT2D eigenvalue weighted by Gasteiger charge is -2.09. The van der Waals surface area contributed by atoms with E-state index in [2.05, 4.69) is 10.5 Å². The van der Waals surface area contributed by atoms with Crippen LogP contribution in [0.3, 0.4) is 0 Å². The zero-order valence-corrected chi connectivity index (χ0v) is 12.9. The Labute approximate surface area is 140 Å². The van der Waals surface area contributed by atoms with Gasteiger partial charge >= 0.3 is 6.18 Å². The van der Waals surface area contributed by atoms with Gasteiger partial charge in [-0.2, -0.15) is 18.3 Å². The van der Waals surface area contributed by atoms with Crippen LogP contribution in [0.2, 0.25) is 0 Å². The van der Waals surface area contributed by atoms with Crippen molar-refractivity contribution < 1.29 is 22.9 Å². The third-order valence-electron chi connectivity index (χ3n) is 3.29. The Balaban J connectivity index is 2.14. The lowest BCUT2D eigenvalue weighted by molar-refractivity contribution is -0.385. The summed E-state index contributed by atoms with van der Waals surface area (Å²) in [5.41, 5.74) is 1.26. The molecule has 0 aliphatic rings. The Hall–Kier alpha value is -3.23. The topological polar surface area (TPSA) is 84.6 Å². The highest BCUT2D eigenvalue weighted by Gasteiger charge is 2.32. The molecule has 0 bridgehead atoms. The molecule has 0 aliphatic heterocycles. The molecule has 2 rings (SSSR count). The highest BCUT2D eigenvalue weighted by molar-refractivity contribution is 5.95. The monoisotopic (exact) mass is 351 g/mol. The van der Waals surface area contributed by atoms with Gasteiger partial charge in [-0.1, -0.05) is 18.2 Å². The van der Waals surface area contributed by atoms with Crippen LogP contribution in [0, 0.1) is 17.0 Å². The lowest BCUT2D eigenvalue weighted by atomic mass is 10.1. The largest absolute Gasteiger partial charge is 0.417 e. The van der Waals surface area contributed by atoms with Crippen LogP contribution in [0.15, 0.2) is 47.6 Å². The summed E-state index contributed by atoms with van der Waals surface area (Å²) >= 11 is 0. The number of halogens is 3. The molecule has 0 unspecified atom stereocenters. The van der Waals surface area contributed by atoms with Gasteiger partial charge in [0.05, 0.1) is 16.7 Å². The molecule has 0 radical (unpaired) electrons. The number of hydrogen-bond acceptors (Lipinski definition) is 4. The maximum Gasteiger partial charge on any atom is 0.417 e. The minimum absolute atomic E-state index is 0.101. The standard InChI is InChI=1S/C16H12F3N3O3/c1-10-8-11(6-7-14(10)22(24)25)15(23)21-20-9-12-4-2-3-5-13(12)16(17,18)19/h2-9H,1H3,(H,21,23). The van der Waals surface area contributed by atoms with Gasteiger partial charge in [0.2, 0.25) is 0 Å². The SMILES string of the molecule is Cc1cc(C(=O)NN=Cc2ccccc2C(F)(F)F)ccc1[N+](=O)[O-]. The molecule has 2 aromatic carbocycles. The Kier molecular flexibility index (Phi) is 5.16. The van der Waals surface area contributed by atoms with E-state index in [-0.39, 0.29) is 22.4 Å². The van der Waals surface area contributed by atoms with Crippen molar-refractivity contribution in [3.8, 4) is 0 Å². The van der Waals surface area contributed by atoms with Crippen molar-refractivity contribution in [3.63, 3.8) is 0 Å². The first-order valence-electron chi connectivity index (χ1n) is 6.95. The Bertz CT molecular complexity index is 848. The maximum atomic E-state index is 12.8. The van der Waals surface area contributed by atoms with Crippen LogP contribution < -0.4 is 5.43 Å². The molecule has 9 heteroatoms. The number of alkyl halides is 3. The number of nitro groups is 1. The van der Waals surface area contributed by atoms with Gasteiger partial charge in [-0.05, 0) is 25.1 Å². The fourth-order valence-electron chi connectivity index (χ4n) is 2.09. The molecule has 1 amide bonds. The second kappa shape index (κ2) is 7.12.